The molecule has 0 fully saturated rings. The van der Waals surface area contributed by atoms with Crippen LogP contribution in [0.1, 0.15) is 60.8 Å². The molecule has 0 radical (unpaired) electrons. The molecule has 4 bridgehead atoms. The molecule has 1 aromatic carbocycles. The third-order valence-electron chi connectivity index (χ3n) is 6.42. The van der Waals surface area contributed by atoms with Crippen molar-refractivity contribution < 1.29 is 22.7 Å². The lowest BCUT2D eigenvalue weighted by atomic mass is 9.87. The summed E-state index contributed by atoms with van der Waals surface area (Å²) in [6, 6.07) is 8.81. The molecule has 10 nitrogen and oxygen atoms in total. The highest BCUT2D eigenvalue weighted by Gasteiger charge is 2.33. The number of carbonyl (C=O) groups is 2. The van der Waals surface area contributed by atoms with Gasteiger partial charge in [0.15, 0.2) is 5.03 Å². The Morgan fingerprint density at radius 1 is 1.18 bits per heavy atom. The van der Waals surface area contributed by atoms with Crippen LogP contribution in [-0.4, -0.2) is 60.6 Å². The summed E-state index contributed by atoms with van der Waals surface area (Å²) < 4.78 is 36.1. The number of ether oxygens (including phenoxy) is 1. The van der Waals surface area contributed by atoms with E-state index in [2.05, 4.69) is 14.8 Å². The normalized spacial score (nSPS) is 16.5. The van der Waals surface area contributed by atoms with Gasteiger partial charge in [-0.05, 0) is 55.0 Å². The first-order chi connectivity index (χ1) is 17.7. The molecule has 38 heavy (non-hydrogen) atoms. The highest BCUT2D eigenvalue weighted by molar-refractivity contribution is 7.90. The Bertz CT molecular complexity index is 1520. The van der Waals surface area contributed by atoms with Crippen LogP contribution in [0.15, 0.2) is 41.6 Å². The Balaban J connectivity index is 1.94. The van der Waals surface area contributed by atoms with E-state index >= 15 is 0 Å². The van der Waals surface area contributed by atoms with Gasteiger partial charge in [-0.3, -0.25) is 9.59 Å². The molecule has 0 atom stereocenters. The van der Waals surface area contributed by atoms with Crippen LogP contribution in [0, 0.1) is 6.92 Å². The van der Waals surface area contributed by atoms with Gasteiger partial charge >= 0.3 is 0 Å². The van der Waals surface area contributed by atoms with Crippen LogP contribution in [0.3, 0.4) is 0 Å². The summed E-state index contributed by atoms with van der Waals surface area (Å²) in [6.45, 7) is 9.63. The standard InChI is InChI=1S/C27H33N5O5S/c1-16(2)19-10-17(3)11-20-18-8-9-28-24(12-18)37-15-27(4,5)32-22(26(34)31(6)7)14-25(29-32)38(35,36)30-23(33)13-21(19)20/h8-12,14,16H,13,15H2,1-7H3,(H,30,33). The molecule has 0 saturated carbocycles. The van der Waals surface area contributed by atoms with Gasteiger partial charge in [0, 0.05) is 32.4 Å². The van der Waals surface area contributed by atoms with Crippen LogP contribution in [-0.2, 0) is 26.8 Å². The topological polar surface area (TPSA) is 123 Å². The SMILES string of the molecule is Cc1cc2c(c(C(C)C)c1)CC(=O)NS(=O)(=O)c1cc(C(=O)N(C)C)n(n1)C(C)(C)COc1cc-2ccn1. The summed E-state index contributed by atoms with van der Waals surface area (Å²) in [5.74, 6) is -0.699. The van der Waals surface area contributed by atoms with Crippen LogP contribution in [0.4, 0.5) is 0 Å². The Hall–Kier alpha value is -3.73. The number of nitrogens with one attached hydrogen (secondary N) is 1. The number of aromatic nitrogens is 3. The maximum absolute atomic E-state index is 13.3. The van der Waals surface area contributed by atoms with E-state index in [0.717, 1.165) is 27.8 Å². The second-order valence-electron chi connectivity index (χ2n) is 10.7. The van der Waals surface area contributed by atoms with Gasteiger partial charge in [-0.15, -0.1) is 0 Å². The number of amides is 2. The van der Waals surface area contributed by atoms with E-state index in [1.165, 1.54) is 15.6 Å². The molecule has 0 spiro atoms. The van der Waals surface area contributed by atoms with Crippen LogP contribution >= 0.6 is 0 Å². The average Bonchev–Trinajstić information content (AvgIpc) is 3.30. The molecule has 1 aliphatic rings. The van der Waals surface area contributed by atoms with E-state index in [-0.39, 0.29) is 24.6 Å². The molecular formula is C27H33N5O5S. The van der Waals surface area contributed by atoms with Gasteiger partial charge in [-0.2, -0.15) is 13.5 Å². The highest BCUT2D eigenvalue weighted by Crippen LogP contribution is 2.34. The lowest BCUT2D eigenvalue weighted by molar-refractivity contribution is -0.118. The average molecular weight is 540 g/mol. The van der Waals surface area contributed by atoms with Crippen molar-refractivity contribution in [3.05, 3.63) is 58.9 Å². The van der Waals surface area contributed by atoms with Crippen LogP contribution < -0.4 is 9.46 Å². The number of aryl methyl sites for hydroxylation is 1. The van der Waals surface area contributed by atoms with Crippen molar-refractivity contribution in [3.8, 4) is 17.0 Å². The summed E-state index contributed by atoms with van der Waals surface area (Å²) in [5.41, 5.74) is 3.39. The number of hydrogen-bond acceptors (Lipinski definition) is 7. The van der Waals surface area contributed by atoms with Crippen molar-refractivity contribution in [2.24, 2.45) is 0 Å². The van der Waals surface area contributed by atoms with E-state index in [9.17, 15) is 18.0 Å². The van der Waals surface area contributed by atoms with E-state index in [1.807, 2.05) is 39.0 Å². The first kappa shape index (κ1) is 27.3. The fraction of sp³-hybridized carbons (Fsp3) is 0.407. The first-order valence-corrected chi connectivity index (χ1v) is 13.8. The lowest BCUT2D eigenvalue weighted by Crippen LogP contribution is -2.38. The summed E-state index contributed by atoms with van der Waals surface area (Å²) in [7, 11) is -1.25. The molecule has 3 aromatic rings. The predicted molar refractivity (Wildman–Crippen MR) is 143 cm³/mol. The molecule has 0 saturated heterocycles. The fourth-order valence-corrected chi connectivity index (χ4v) is 5.45. The summed E-state index contributed by atoms with van der Waals surface area (Å²) in [4.78, 5) is 31.9. The quantitative estimate of drug-likeness (QED) is 0.530. The smallest absolute Gasteiger partial charge is 0.283 e. The molecule has 1 aliphatic heterocycles. The van der Waals surface area contributed by atoms with Crippen molar-refractivity contribution in [2.75, 3.05) is 20.7 Å². The monoisotopic (exact) mass is 539 g/mol. The molecule has 2 amide bonds. The van der Waals surface area contributed by atoms with Crippen molar-refractivity contribution >= 4 is 21.8 Å². The molecule has 2 aromatic heterocycles. The molecule has 4 rings (SSSR count). The molecule has 3 heterocycles. The molecule has 1 N–H and O–H groups in total. The van der Waals surface area contributed by atoms with Gasteiger partial charge in [0.2, 0.25) is 11.8 Å². The van der Waals surface area contributed by atoms with E-state index in [1.54, 1.807) is 40.2 Å². The van der Waals surface area contributed by atoms with Gasteiger partial charge in [0.05, 0.1) is 12.0 Å². The zero-order valence-corrected chi connectivity index (χ0v) is 23.5. The van der Waals surface area contributed by atoms with Crippen molar-refractivity contribution in [1.29, 1.82) is 0 Å². The summed E-state index contributed by atoms with van der Waals surface area (Å²) in [6.07, 6.45) is 1.46. The first-order valence-electron chi connectivity index (χ1n) is 12.3. The van der Waals surface area contributed by atoms with Gasteiger partial charge in [-0.1, -0.05) is 31.5 Å². The Labute approximate surface area is 223 Å². The zero-order chi connectivity index (χ0) is 28.0. The Kier molecular flexibility index (Phi) is 7.09. The van der Waals surface area contributed by atoms with Gasteiger partial charge < -0.3 is 9.64 Å². The van der Waals surface area contributed by atoms with Crippen LogP contribution in [0.2, 0.25) is 0 Å². The largest absolute Gasteiger partial charge is 0.475 e. The third-order valence-corrected chi connectivity index (χ3v) is 7.66. The highest BCUT2D eigenvalue weighted by atomic mass is 32.2. The fourth-order valence-electron chi connectivity index (χ4n) is 4.51. The number of pyridine rings is 1. The summed E-state index contributed by atoms with van der Waals surface area (Å²) >= 11 is 0. The number of fused-ring (bicyclic) bond motifs is 6. The molecule has 11 heteroatoms. The molecule has 202 valence electrons. The Morgan fingerprint density at radius 2 is 1.89 bits per heavy atom. The molecule has 0 aliphatic carbocycles. The number of sulfonamides is 1. The molecular weight excluding hydrogens is 506 g/mol. The predicted octanol–water partition coefficient (Wildman–Crippen LogP) is 3.25. The maximum atomic E-state index is 13.3. The second kappa shape index (κ2) is 9.86. The van der Waals surface area contributed by atoms with Crippen LogP contribution in [0.25, 0.3) is 11.1 Å². The second-order valence-corrected chi connectivity index (χ2v) is 12.3. The van der Waals surface area contributed by atoms with E-state index in [0.29, 0.717) is 5.88 Å². The third kappa shape index (κ3) is 5.28. The molecule has 0 unspecified atom stereocenters. The number of hydrogen-bond donors (Lipinski definition) is 1. The van der Waals surface area contributed by atoms with Crippen molar-refractivity contribution in [1.82, 2.24) is 24.4 Å². The van der Waals surface area contributed by atoms with Crippen molar-refractivity contribution in [2.45, 2.75) is 57.5 Å². The minimum atomic E-state index is -4.37. The number of benzene rings is 1. The number of carbonyl (C=O) groups excluding carboxylic acids is 2. The van der Waals surface area contributed by atoms with Crippen molar-refractivity contribution in [3.63, 3.8) is 0 Å². The lowest BCUT2D eigenvalue weighted by Gasteiger charge is -2.27. The zero-order valence-electron chi connectivity index (χ0n) is 22.7. The van der Waals surface area contributed by atoms with Gasteiger partial charge in [0.25, 0.3) is 15.9 Å². The van der Waals surface area contributed by atoms with Crippen LogP contribution in [0.5, 0.6) is 5.88 Å². The van der Waals surface area contributed by atoms with Gasteiger partial charge in [0.1, 0.15) is 12.3 Å². The van der Waals surface area contributed by atoms with E-state index in [4.69, 9.17) is 4.74 Å². The minimum absolute atomic E-state index is 0.0443. The number of nitrogens with zero attached hydrogens (tertiary/aromatic N) is 4. The maximum Gasteiger partial charge on any atom is 0.283 e. The van der Waals surface area contributed by atoms with Gasteiger partial charge in [-0.25, -0.2) is 14.4 Å². The summed E-state index contributed by atoms with van der Waals surface area (Å²) in [5, 5.41) is 3.84. The Morgan fingerprint density at radius 3 is 2.55 bits per heavy atom. The van der Waals surface area contributed by atoms with E-state index < -0.39 is 32.4 Å². The number of rotatable bonds is 2. The minimum Gasteiger partial charge on any atom is -0.475 e.